The second kappa shape index (κ2) is 5.83. The number of nitrogens with one attached hydrogen (secondary N) is 1. The third-order valence-corrected chi connectivity index (χ3v) is 4.10. The van der Waals surface area contributed by atoms with Gasteiger partial charge < -0.3 is 10.1 Å². The monoisotopic (exact) mass is 377 g/mol. The largest absolute Gasteiger partial charge is 0.496 e. The van der Waals surface area contributed by atoms with Crippen molar-refractivity contribution in [3.63, 3.8) is 0 Å². The average molecular weight is 378 g/mol. The number of hydrogen-bond donors (Lipinski definition) is 1. The summed E-state index contributed by atoms with van der Waals surface area (Å²) in [6.07, 6.45) is -4.49. The van der Waals surface area contributed by atoms with Crippen LogP contribution in [0.15, 0.2) is 16.6 Å². The lowest BCUT2D eigenvalue weighted by molar-refractivity contribution is -0.144. The van der Waals surface area contributed by atoms with Gasteiger partial charge in [-0.3, -0.25) is 4.68 Å². The van der Waals surface area contributed by atoms with Gasteiger partial charge in [0.2, 0.25) is 0 Å². The first-order chi connectivity index (χ1) is 10.2. The predicted molar refractivity (Wildman–Crippen MR) is 81.7 cm³/mol. The number of halogens is 4. The molecule has 0 aliphatic heterocycles. The van der Waals surface area contributed by atoms with E-state index >= 15 is 0 Å². The molecule has 22 heavy (non-hydrogen) atoms. The number of aryl methyl sites for hydroxylation is 2. The van der Waals surface area contributed by atoms with E-state index in [4.69, 9.17) is 4.74 Å². The van der Waals surface area contributed by atoms with Gasteiger partial charge in [0.1, 0.15) is 5.75 Å². The summed E-state index contributed by atoms with van der Waals surface area (Å²) < 4.78 is 44.9. The van der Waals surface area contributed by atoms with Crippen LogP contribution in [0.3, 0.4) is 0 Å². The van der Waals surface area contributed by atoms with Crippen LogP contribution < -0.4 is 10.1 Å². The van der Waals surface area contributed by atoms with Crippen molar-refractivity contribution in [2.24, 2.45) is 7.05 Å². The highest BCUT2D eigenvalue weighted by Gasteiger charge is 2.38. The topological polar surface area (TPSA) is 39.1 Å². The zero-order chi connectivity index (χ0) is 16.7. The Balaban J connectivity index is 2.49. The number of anilines is 2. The predicted octanol–water partition coefficient (Wildman–Crippen LogP) is 4.57. The van der Waals surface area contributed by atoms with E-state index in [9.17, 15) is 13.2 Å². The molecule has 8 heteroatoms. The van der Waals surface area contributed by atoms with Gasteiger partial charge in [-0.25, -0.2) is 0 Å². The molecule has 0 amide bonds. The van der Waals surface area contributed by atoms with Crippen molar-refractivity contribution < 1.29 is 17.9 Å². The van der Waals surface area contributed by atoms with Crippen LogP contribution in [0.1, 0.15) is 16.8 Å². The van der Waals surface area contributed by atoms with Gasteiger partial charge in [-0.15, -0.1) is 0 Å². The van der Waals surface area contributed by atoms with Crippen molar-refractivity contribution in [3.8, 4) is 5.75 Å². The Hall–Kier alpha value is -1.70. The number of benzene rings is 1. The Labute approximate surface area is 134 Å². The fourth-order valence-corrected chi connectivity index (χ4v) is 2.91. The molecule has 4 nitrogen and oxygen atoms in total. The fraction of sp³-hybridized carbons (Fsp3) is 0.357. The van der Waals surface area contributed by atoms with Gasteiger partial charge in [0.05, 0.1) is 11.6 Å². The lowest BCUT2D eigenvalue weighted by Crippen LogP contribution is -2.12. The van der Waals surface area contributed by atoms with Crippen LogP contribution in [0.5, 0.6) is 5.75 Å². The maximum Gasteiger partial charge on any atom is 0.434 e. The van der Waals surface area contributed by atoms with Crippen LogP contribution in [0.2, 0.25) is 0 Å². The van der Waals surface area contributed by atoms with E-state index in [0.717, 1.165) is 15.8 Å². The quantitative estimate of drug-likeness (QED) is 0.851. The molecule has 1 N–H and O–H groups in total. The van der Waals surface area contributed by atoms with Crippen LogP contribution in [0.4, 0.5) is 24.7 Å². The number of rotatable bonds is 3. The smallest absolute Gasteiger partial charge is 0.434 e. The number of methoxy groups -OCH3 is 1. The molecule has 2 aromatic rings. The standard InChI is InChI=1S/C14H15BrF3N3O/c1-7-5-6-9(22-4)8(2)11(7)19-13-10(15)12(14(16,17)18)21(3)20-13/h5-6H,1-4H3,(H,19,20). The molecular weight excluding hydrogens is 363 g/mol. The second-order valence-corrected chi connectivity index (χ2v) is 5.64. The van der Waals surface area contributed by atoms with Gasteiger partial charge in [0.25, 0.3) is 0 Å². The van der Waals surface area contributed by atoms with E-state index in [0.29, 0.717) is 11.4 Å². The van der Waals surface area contributed by atoms with Crippen molar-refractivity contribution in [2.75, 3.05) is 12.4 Å². The minimum atomic E-state index is -4.49. The first kappa shape index (κ1) is 16.7. The Morgan fingerprint density at radius 3 is 2.41 bits per heavy atom. The molecule has 0 bridgehead atoms. The summed E-state index contributed by atoms with van der Waals surface area (Å²) in [5, 5.41) is 6.87. The molecule has 0 saturated heterocycles. The number of alkyl halides is 3. The molecular formula is C14H15BrF3N3O. The highest BCUT2D eigenvalue weighted by atomic mass is 79.9. The van der Waals surface area contributed by atoms with E-state index < -0.39 is 11.9 Å². The SMILES string of the molecule is COc1ccc(C)c(Nc2nn(C)c(C(F)(F)F)c2Br)c1C. The minimum Gasteiger partial charge on any atom is -0.496 e. The van der Waals surface area contributed by atoms with E-state index in [2.05, 4.69) is 26.3 Å². The average Bonchev–Trinajstić information content (AvgIpc) is 2.69. The Morgan fingerprint density at radius 1 is 1.27 bits per heavy atom. The highest BCUT2D eigenvalue weighted by Crippen LogP contribution is 2.40. The molecule has 1 aromatic carbocycles. The third kappa shape index (κ3) is 2.92. The molecule has 0 unspecified atom stereocenters. The highest BCUT2D eigenvalue weighted by molar-refractivity contribution is 9.10. The van der Waals surface area contributed by atoms with Crippen LogP contribution in [0, 0.1) is 13.8 Å². The Kier molecular flexibility index (Phi) is 4.42. The first-order valence-corrected chi connectivity index (χ1v) is 7.17. The van der Waals surface area contributed by atoms with Gasteiger partial charge in [-0.05, 0) is 41.4 Å². The first-order valence-electron chi connectivity index (χ1n) is 6.37. The molecule has 0 atom stereocenters. The normalized spacial score (nSPS) is 11.6. The van der Waals surface area contributed by atoms with Crippen molar-refractivity contribution in [1.29, 1.82) is 0 Å². The molecule has 0 aliphatic carbocycles. The zero-order valence-corrected chi connectivity index (χ0v) is 14.1. The van der Waals surface area contributed by atoms with Gasteiger partial charge in [0, 0.05) is 18.3 Å². The maximum absolute atomic E-state index is 13.0. The van der Waals surface area contributed by atoms with Crippen LogP contribution in [0.25, 0.3) is 0 Å². The molecule has 0 spiro atoms. The van der Waals surface area contributed by atoms with Crippen LogP contribution in [-0.2, 0) is 13.2 Å². The zero-order valence-electron chi connectivity index (χ0n) is 12.5. The number of aromatic nitrogens is 2. The summed E-state index contributed by atoms with van der Waals surface area (Å²) in [7, 11) is 2.80. The van der Waals surface area contributed by atoms with Crippen molar-refractivity contribution in [2.45, 2.75) is 20.0 Å². The summed E-state index contributed by atoms with van der Waals surface area (Å²) in [6.45, 7) is 3.69. The number of hydrogen-bond acceptors (Lipinski definition) is 3. The molecule has 0 fully saturated rings. The molecule has 120 valence electrons. The van der Waals surface area contributed by atoms with Crippen LogP contribution >= 0.6 is 15.9 Å². The van der Waals surface area contributed by atoms with Gasteiger partial charge in [-0.2, -0.15) is 18.3 Å². The summed E-state index contributed by atoms with van der Waals surface area (Å²) in [4.78, 5) is 0. The van der Waals surface area contributed by atoms with Crippen LogP contribution in [-0.4, -0.2) is 16.9 Å². The number of nitrogens with zero attached hydrogens (tertiary/aromatic N) is 2. The van der Waals surface area contributed by atoms with Crippen molar-refractivity contribution in [1.82, 2.24) is 9.78 Å². The summed E-state index contributed by atoms with van der Waals surface area (Å²) in [5.41, 5.74) is 1.51. The van der Waals surface area contributed by atoms with E-state index in [1.54, 1.807) is 7.11 Å². The van der Waals surface area contributed by atoms with E-state index in [1.807, 2.05) is 26.0 Å². The molecule has 1 aromatic heterocycles. The Bertz CT molecular complexity index is 710. The molecule has 2 rings (SSSR count). The van der Waals surface area contributed by atoms with Crippen molar-refractivity contribution >= 4 is 27.4 Å². The lowest BCUT2D eigenvalue weighted by atomic mass is 10.1. The van der Waals surface area contributed by atoms with Crippen molar-refractivity contribution in [3.05, 3.63) is 33.4 Å². The molecule has 1 heterocycles. The molecule has 0 radical (unpaired) electrons. The lowest BCUT2D eigenvalue weighted by Gasteiger charge is -2.14. The van der Waals surface area contributed by atoms with Gasteiger partial charge >= 0.3 is 6.18 Å². The van der Waals surface area contributed by atoms with Gasteiger partial charge in [0.15, 0.2) is 11.5 Å². The number of ether oxygens (including phenoxy) is 1. The Morgan fingerprint density at radius 2 is 1.91 bits per heavy atom. The summed E-state index contributed by atoms with van der Waals surface area (Å²) >= 11 is 2.98. The minimum absolute atomic E-state index is 0.106. The molecule has 0 saturated carbocycles. The fourth-order valence-electron chi connectivity index (χ4n) is 2.25. The van der Waals surface area contributed by atoms with E-state index in [1.165, 1.54) is 7.05 Å². The summed E-state index contributed by atoms with van der Waals surface area (Å²) in [5.74, 6) is 0.755. The third-order valence-electron chi connectivity index (χ3n) is 3.34. The van der Waals surface area contributed by atoms with Gasteiger partial charge in [-0.1, -0.05) is 6.07 Å². The second-order valence-electron chi connectivity index (χ2n) is 4.84. The maximum atomic E-state index is 13.0. The summed E-state index contributed by atoms with van der Waals surface area (Å²) in [6, 6.07) is 3.64. The molecule has 0 aliphatic rings. The van der Waals surface area contributed by atoms with E-state index in [-0.39, 0.29) is 10.3 Å².